The Kier molecular flexibility index (Phi) is 4.64. The number of anilines is 1. The fourth-order valence-electron chi connectivity index (χ4n) is 3.65. The highest BCUT2D eigenvalue weighted by Crippen LogP contribution is 2.44. The number of imidazole rings is 1. The first-order valence-electron chi connectivity index (χ1n) is 9.39. The van der Waals surface area contributed by atoms with Crippen molar-refractivity contribution < 1.29 is 27.9 Å². The third kappa shape index (κ3) is 3.26. The van der Waals surface area contributed by atoms with Crippen LogP contribution in [0.15, 0.2) is 48.0 Å². The molecule has 0 radical (unpaired) electrons. The van der Waals surface area contributed by atoms with E-state index in [1.807, 2.05) is 0 Å². The minimum atomic E-state index is -1.57. The highest BCUT2D eigenvalue weighted by Gasteiger charge is 2.48. The van der Waals surface area contributed by atoms with E-state index in [9.17, 15) is 27.9 Å². The molecule has 160 valence electrons. The van der Waals surface area contributed by atoms with Crippen molar-refractivity contribution in [1.29, 1.82) is 0 Å². The summed E-state index contributed by atoms with van der Waals surface area (Å²) < 4.78 is 42.9. The van der Waals surface area contributed by atoms with Gasteiger partial charge in [0.1, 0.15) is 5.82 Å². The quantitative estimate of drug-likeness (QED) is 0.601. The number of halogens is 3. The summed E-state index contributed by atoms with van der Waals surface area (Å²) in [4.78, 5) is 34.0. The molecule has 0 bridgehead atoms. The van der Waals surface area contributed by atoms with Crippen molar-refractivity contribution in [3.8, 4) is 0 Å². The number of carbonyl (C=O) groups excluding carboxylic acids is 2. The van der Waals surface area contributed by atoms with Crippen molar-refractivity contribution in [2.75, 3.05) is 4.90 Å². The van der Waals surface area contributed by atoms with Crippen LogP contribution in [0.25, 0.3) is 11.0 Å². The molecule has 1 unspecified atom stereocenters. The van der Waals surface area contributed by atoms with Crippen LogP contribution in [0.2, 0.25) is 0 Å². The number of hydrogen-bond donors (Lipinski definition) is 2. The average molecular weight is 429 g/mol. The van der Waals surface area contributed by atoms with Crippen LogP contribution in [-0.2, 0) is 9.59 Å². The molecule has 2 heterocycles. The van der Waals surface area contributed by atoms with E-state index < -0.39 is 57.5 Å². The molecular formula is C22H18F3N3O3. The number of benzene rings is 2. The summed E-state index contributed by atoms with van der Waals surface area (Å²) in [6.07, 6.45) is 1.43. The molecule has 4 rings (SSSR count). The summed E-state index contributed by atoms with van der Waals surface area (Å²) in [5, 5.41) is 10.6. The number of Topliss-reactive ketones (excluding diaryl/α,β-unsaturated/α-hetero) is 1. The lowest BCUT2D eigenvalue weighted by atomic mass is 9.82. The molecule has 1 atom stereocenters. The standard InChI is InChI=1S/C22H18F3N3O3/c1-22(2,3)20(30)16-18(12-6-10(23)7-13(24)17(12)25)28(21(31)19(16)29)11-4-5-14-15(8-11)27-9-26-14/h4-9,18,29H,1-3H3,(H,26,27). The Bertz CT molecular complexity index is 1270. The van der Waals surface area contributed by atoms with E-state index in [4.69, 9.17) is 0 Å². The maximum atomic E-state index is 14.8. The number of aromatic amines is 1. The van der Waals surface area contributed by atoms with Crippen LogP contribution in [-0.4, -0.2) is 26.8 Å². The molecule has 31 heavy (non-hydrogen) atoms. The topological polar surface area (TPSA) is 86.3 Å². The van der Waals surface area contributed by atoms with Gasteiger partial charge in [-0.15, -0.1) is 0 Å². The minimum Gasteiger partial charge on any atom is -0.503 e. The van der Waals surface area contributed by atoms with Gasteiger partial charge in [-0.1, -0.05) is 20.8 Å². The van der Waals surface area contributed by atoms with E-state index in [1.54, 1.807) is 26.8 Å². The van der Waals surface area contributed by atoms with Crippen molar-refractivity contribution in [3.05, 3.63) is 71.0 Å². The third-order valence-electron chi connectivity index (χ3n) is 5.13. The number of ketones is 1. The van der Waals surface area contributed by atoms with Gasteiger partial charge < -0.3 is 10.1 Å². The SMILES string of the molecule is CC(C)(C)C(=O)C1=C(O)C(=O)N(c2ccc3nc[nH]c3c2)C1c1cc(F)cc(F)c1F. The van der Waals surface area contributed by atoms with E-state index in [2.05, 4.69) is 9.97 Å². The second-order valence-electron chi connectivity index (χ2n) is 8.31. The summed E-state index contributed by atoms with van der Waals surface area (Å²) >= 11 is 0. The number of nitrogens with one attached hydrogen (secondary N) is 1. The van der Waals surface area contributed by atoms with Crippen LogP contribution in [0.4, 0.5) is 18.9 Å². The molecule has 0 saturated carbocycles. The molecule has 9 heteroatoms. The number of carbonyl (C=O) groups is 2. The first kappa shape index (κ1) is 20.6. The van der Waals surface area contributed by atoms with Gasteiger partial charge in [0.05, 0.1) is 29.0 Å². The van der Waals surface area contributed by atoms with Crippen LogP contribution in [0.3, 0.4) is 0 Å². The number of hydrogen-bond acceptors (Lipinski definition) is 4. The molecule has 0 saturated heterocycles. The molecule has 1 aliphatic rings. The predicted octanol–water partition coefficient (Wildman–Crippen LogP) is 4.50. The van der Waals surface area contributed by atoms with E-state index in [0.29, 0.717) is 23.2 Å². The van der Waals surface area contributed by atoms with Crippen LogP contribution in [0.5, 0.6) is 0 Å². The van der Waals surface area contributed by atoms with Gasteiger partial charge in [-0.25, -0.2) is 18.2 Å². The first-order valence-corrected chi connectivity index (χ1v) is 9.39. The predicted molar refractivity (Wildman–Crippen MR) is 107 cm³/mol. The Morgan fingerprint density at radius 1 is 1.16 bits per heavy atom. The zero-order valence-corrected chi connectivity index (χ0v) is 16.8. The molecular weight excluding hydrogens is 411 g/mol. The summed E-state index contributed by atoms with van der Waals surface area (Å²) in [5.74, 6) is -6.50. The van der Waals surface area contributed by atoms with Gasteiger partial charge in [0, 0.05) is 22.7 Å². The lowest BCUT2D eigenvalue weighted by Gasteiger charge is -2.29. The Labute approximate surface area is 175 Å². The number of aromatic nitrogens is 2. The maximum absolute atomic E-state index is 14.8. The van der Waals surface area contributed by atoms with Crippen molar-refractivity contribution in [1.82, 2.24) is 9.97 Å². The largest absolute Gasteiger partial charge is 0.503 e. The molecule has 0 aliphatic carbocycles. The fraction of sp³-hybridized carbons (Fsp3) is 0.227. The van der Waals surface area contributed by atoms with E-state index >= 15 is 0 Å². The number of fused-ring (bicyclic) bond motifs is 1. The van der Waals surface area contributed by atoms with Crippen molar-refractivity contribution in [2.24, 2.45) is 5.41 Å². The van der Waals surface area contributed by atoms with E-state index in [0.717, 1.165) is 4.90 Å². The highest BCUT2D eigenvalue weighted by molar-refractivity contribution is 6.17. The minimum absolute atomic E-state index is 0.180. The van der Waals surface area contributed by atoms with Crippen LogP contribution < -0.4 is 4.90 Å². The van der Waals surface area contributed by atoms with Gasteiger partial charge in [0.25, 0.3) is 5.91 Å². The van der Waals surface area contributed by atoms with Gasteiger partial charge in [0.15, 0.2) is 23.2 Å². The van der Waals surface area contributed by atoms with Crippen LogP contribution in [0, 0.1) is 22.9 Å². The van der Waals surface area contributed by atoms with Gasteiger partial charge in [0.2, 0.25) is 0 Å². The molecule has 3 aromatic rings. The molecule has 1 aliphatic heterocycles. The average Bonchev–Trinajstić information content (AvgIpc) is 3.25. The number of aliphatic hydroxyl groups is 1. The summed E-state index contributed by atoms with van der Waals surface area (Å²) in [5.41, 5.74) is -0.770. The molecule has 1 aromatic heterocycles. The third-order valence-corrected chi connectivity index (χ3v) is 5.13. The van der Waals surface area contributed by atoms with Crippen molar-refractivity contribution in [2.45, 2.75) is 26.8 Å². The Balaban J connectivity index is 1.98. The molecule has 2 N–H and O–H groups in total. The molecule has 0 fully saturated rings. The van der Waals surface area contributed by atoms with E-state index in [1.165, 1.54) is 18.5 Å². The Morgan fingerprint density at radius 3 is 2.55 bits per heavy atom. The second kappa shape index (κ2) is 6.97. The van der Waals surface area contributed by atoms with Gasteiger partial charge in [-0.05, 0) is 24.3 Å². The van der Waals surface area contributed by atoms with E-state index in [-0.39, 0.29) is 5.69 Å². The fourth-order valence-corrected chi connectivity index (χ4v) is 3.65. The zero-order chi connectivity index (χ0) is 22.7. The Morgan fingerprint density at radius 2 is 1.87 bits per heavy atom. The molecule has 6 nitrogen and oxygen atoms in total. The van der Waals surface area contributed by atoms with Crippen molar-refractivity contribution >= 4 is 28.4 Å². The monoisotopic (exact) mass is 429 g/mol. The summed E-state index contributed by atoms with van der Waals surface area (Å²) in [7, 11) is 0. The summed E-state index contributed by atoms with van der Waals surface area (Å²) in [6.45, 7) is 4.66. The van der Waals surface area contributed by atoms with Gasteiger partial charge in [-0.3, -0.25) is 14.5 Å². The smallest absolute Gasteiger partial charge is 0.294 e. The van der Waals surface area contributed by atoms with Gasteiger partial charge in [-0.2, -0.15) is 0 Å². The van der Waals surface area contributed by atoms with Crippen LogP contribution in [0.1, 0.15) is 32.4 Å². The Hall–Kier alpha value is -3.62. The number of H-pyrrole nitrogens is 1. The lowest BCUT2D eigenvalue weighted by molar-refractivity contribution is -0.123. The molecule has 2 aromatic carbocycles. The summed E-state index contributed by atoms with van der Waals surface area (Å²) in [6, 6.07) is 4.09. The number of nitrogens with zero attached hydrogens (tertiary/aromatic N) is 2. The number of aliphatic hydroxyl groups excluding tert-OH is 1. The zero-order valence-electron chi connectivity index (χ0n) is 16.8. The molecule has 1 amide bonds. The number of amides is 1. The van der Waals surface area contributed by atoms with Gasteiger partial charge >= 0.3 is 0 Å². The first-order chi connectivity index (χ1) is 14.5. The molecule has 0 spiro atoms. The van der Waals surface area contributed by atoms with Crippen molar-refractivity contribution in [3.63, 3.8) is 0 Å². The normalized spacial score (nSPS) is 17.2. The lowest BCUT2D eigenvalue weighted by Crippen LogP contribution is -2.33. The number of rotatable bonds is 3. The highest BCUT2D eigenvalue weighted by atomic mass is 19.2. The van der Waals surface area contributed by atoms with Crippen LogP contribution >= 0.6 is 0 Å². The maximum Gasteiger partial charge on any atom is 0.294 e. The second-order valence-corrected chi connectivity index (χ2v) is 8.31.